The molecule has 0 bridgehead atoms. The Bertz CT molecular complexity index is 368. The lowest BCUT2D eigenvalue weighted by molar-refractivity contribution is -0.0146. The molecule has 3 rings (SSSR count). The second kappa shape index (κ2) is 4.34. The van der Waals surface area contributed by atoms with Gasteiger partial charge < -0.3 is 9.64 Å². The highest BCUT2D eigenvalue weighted by Crippen LogP contribution is 2.36. The van der Waals surface area contributed by atoms with Crippen molar-refractivity contribution in [2.24, 2.45) is 0 Å². The Kier molecular flexibility index (Phi) is 2.83. The largest absolute Gasteiger partial charge is 0.375 e. The summed E-state index contributed by atoms with van der Waals surface area (Å²) in [4.78, 5) is 2.49. The van der Waals surface area contributed by atoms with Crippen LogP contribution in [0.25, 0.3) is 0 Å². The molecule has 2 aliphatic heterocycles. The smallest absolute Gasteiger partial charge is 0.0717 e. The fourth-order valence-electron chi connectivity index (χ4n) is 3.08. The number of nitrogens with zero attached hydrogens (tertiary/aromatic N) is 1. The third-order valence-electron chi connectivity index (χ3n) is 4.26. The zero-order valence-corrected chi connectivity index (χ0v) is 10.6. The number of benzene rings is 1. The third-order valence-corrected chi connectivity index (χ3v) is 4.26. The van der Waals surface area contributed by atoms with Crippen LogP contribution in [-0.4, -0.2) is 25.3 Å². The quantitative estimate of drug-likeness (QED) is 0.736. The van der Waals surface area contributed by atoms with Crippen molar-refractivity contribution in [2.75, 3.05) is 24.6 Å². The lowest BCUT2D eigenvalue weighted by atomic mass is 9.88. The first-order valence-corrected chi connectivity index (χ1v) is 6.73. The summed E-state index contributed by atoms with van der Waals surface area (Å²) in [6, 6.07) is 8.88. The highest BCUT2D eigenvalue weighted by Gasteiger charge is 2.38. The van der Waals surface area contributed by atoms with Gasteiger partial charge in [-0.1, -0.05) is 17.7 Å². The van der Waals surface area contributed by atoms with E-state index >= 15 is 0 Å². The molecule has 0 N–H and O–H groups in total. The first kappa shape index (κ1) is 11.1. The molecule has 2 nitrogen and oxygen atoms in total. The summed E-state index contributed by atoms with van der Waals surface area (Å²) in [5.41, 5.74) is 2.94. The molecule has 0 amide bonds. The average Bonchev–Trinajstić information content (AvgIpc) is 2.80. The number of anilines is 1. The van der Waals surface area contributed by atoms with Gasteiger partial charge in [-0.25, -0.2) is 0 Å². The molecule has 17 heavy (non-hydrogen) atoms. The van der Waals surface area contributed by atoms with Crippen molar-refractivity contribution in [2.45, 2.75) is 38.2 Å². The van der Waals surface area contributed by atoms with E-state index in [9.17, 15) is 0 Å². The Labute approximate surface area is 104 Å². The highest BCUT2D eigenvalue weighted by atomic mass is 16.5. The van der Waals surface area contributed by atoms with Gasteiger partial charge in [0.15, 0.2) is 0 Å². The third kappa shape index (κ3) is 2.19. The van der Waals surface area contributed by atoms with Crippen LogP contribution in [0.3, 0.4) is 0 Å². The maximum Gasteiger partial charge on any atom is 0.0717 e. The fraction of sp³-hybridized carbons (Fsp3) is 0.600. The summed E-state index contributed by atoms with van der Waals surface area (Å²) in [6.45, 7) is 5.40. The summed E-state index contributed by atoms with van der Waals surface area (Å²) < 4.78 is 5.96. The van der Waals surface area contributed by atoms with Crippen LogP contribution >= 0.6 is 0 Å². The van der Waals surface area contributed by atoms with Gasteiger partial charge in [0.25, 0.3) is 0 Å². The van der Waals surface area contributed by atoms with Crippen molar-refractivity contribution in [3.05, 3.63) is 29.8 Å². The van der Waals surface area contributed by atoms with Crippen LogP contribution in [0.4, 0.5) is 5.69 Å². The molecule has 0 saturated carbocycles. The molecule has 0 unspecified atom stereocenters. The van der Waals surface area contributed by atoms with Crippen molar-refractivity contribution >= 4 is 5.69 Å². The normalized spacial score (nSPS) is 23.2. The van der Waals surface area contributed by atoms with Crippen LogP contribution < -0.4 is 4.90 Å². The molecule has 2 heterocycles. The number of rotatable bonds is 1. The van der Waals surface area contributed by atoms with Gasteiger partial charge in [-0.15, -0.1) is 0 Å². The van der Waals surface area contributed by atoms with E-state index in [0.29, 0.717) is 0 Å². The summed E-state index contributed by atoms with van der Waals surface area (Å²) in [6.07, 6.45) is 4.92. The van der Waals surface area contributed by atoms with Gasteiger partial charge in [0.2, 0.25) is 0 Å². The van der Waals surface area contributed by atoms with E-state index in [1.54, 1.807) is 0 Å². The second-order valence-corrected chi connectivity index (χ2v) is 5.46. The van der Waals surface area contributed by atoms with Crippen molar-refractivity contribution < 1.29 is 4.74 Å². The molecule has 0 radical (unpaired) electrons. The van der Waals surface area contributed by atoms with E-state index in [1.807, 2.05) is 0 Å². The molecule has 2 aliphatic rings. The van der Waals surface area contributed by atoms with E-state index < -0.39 is 0 Å². The number of aryl methyl sites for hydroxylation is 1. The standard InChI is InChI=1S/C15H21NO/c1-13-3-5-14(6-4-13)16-10-8-15(9-11-16)7-2-12-17-15/h3-6H,2,7-12H2,1H3. The van der Waals surface area contributed by atoms with Crippen LogP contribution in [0.15, 0.2) is 24.3 Å². The van der Waals surface area contributed by atoms with Gasteiger partial charge in [0.1, 0.15) is 0 Å². The number of ether oxygens (including phenoxy) is 1. The molecule has 92 valence electrons. The van der Waals surface area contributed by atoms with Gasteiger partial charge in [-0.3, -0.25) is 0 Å². The molecular weight excluding hydrogens is 210 g/mol. The lowest BCUT2D eigenvalue weighted by Gasteiger charge is -2.39. The summed E-state index contributed by atoms with van der Waals surface area (Å²) >= 11 is 0. The van der Waals surface area contributed by atoms with Crippen LogP contribution in [0.5, 0.6) is 0 Å². The number of piperidine rings is 1. The average molecular weight is 231 g/mol. The topological polar surface area (TPSA) is 12.5 Å². The molecule has 1 spiro atoms. The predicted octanol–water partition coefficient (Wildman–Crippen LogP) is 3.14. The zero-order valence-electron chi connectivity index (χ0n) is 10.6. The number of hydrogen-bond acceptors (Lipinski definition) is 2. The first-order valence-electron chi connectivity index (χ1n) is 6.73. The van der Waals surface area contributed by atoms with Gasteiger partial charge in [0, 0.05) is 25.4 Å². The molecule has 1 aromatic rings. The molecule has 2 heteroatoms. The van der Waals surface area contributed by atoms with Crippen molar-refractivity contribution in [1.29, 1.82) is 0 Å². The van der Waals surface area contributed by atoms with E-state index in [4.69, 9.17) is 4.74 Å². The summed E-state index contributed by atoms with van der Waals surface area (Å²) in [7, 11) is 0. The van der Waals surface area contributed by atoms with Crippen LogP contribution in [0, 0.1) is 6.92 Å². The number of hydrogen-bond donors (Lipinski definition) is 0. The van der Waals surface area contributed by atoms with Gasteiger partial charge in [-0.05, 0) is 44.7 Å². The Hall–Kier alpha value is -1.02. The molecule has 0 aliphatic carbocycles. The van der Waals surface area contributed by atoms with Crippen LogP contribution in [0.2, 0.25) is 0 Å². The lowest BCUT2D eigenvalue weighted by Crippen LogP contribution is -2.44. The Morgan fingerprint density at radius 1 is 1.06 bits per heavy atom. The summed E-state index contributed by atoms with van der Waals surface area (Å²) in [5, 5.41) is 0. The van der Waals surface area contributed by atoms with E-state index in [1.165, 1.54) is 36.9 Å². The Morgan fingerprint density at radius 3 is 2.35 bits per heavy atom. The minimum Gasteiger partial charge on any atom is -0.375 e. The fourth-order valence-corrected chi connectivity index (χ4v) is 3.08. The minimum atomic E-state index is 0.237. The minimum absolute atomic E-state index is 0.237. The SMILES string of the molecule is Cc1ccc(N2CCC3(CCCO3)CC2)cc1. The van der Waals surface area contributed by atoms with E-state index in [2.05, 4.69) is 36.1 Å². The molecule has 0 atom stereocenters. The predicted molar refractivity (Wildman–Crippen MR) is 70.5 cm³/mol. The molecular formula is C15H21NO. The Balaban J connectivity index is 1.66. The molecule has 2 saturated heterocycles. The van der Waals surface area contributed by atoms with Gasteiger partial charge in [-0.2, -0.15) is 0 Å². The van der Waals surface area contributed by atoms with Crippen molar-refractivity contribution in [1.82, 2.24) is 0 Å². The van der Waals surface area contributed by atoms with Gasteiger partial charge in [0.05, 0.1) is 5.60 Å². The van der Waals surface area contributed by atoms with Gasteiger partial charge >= 0.3 is 0 Å². The monoisotopic (exact) mass is 231 g/mol. The maximum atomic E-state index is 5.96. The van der Waals surface area contributed by atoms with Crippen LogP contribution in [-0.2, 0) is 4.74 Å². The molecule has 1 aromatic carbocycles. The Morgan fingerprint density at radius 2 is 1.76 bits per heavy atom. The van der Waals surface area contributed by atoms with Crippen molar-refractivity contribution in [3.63, 3.8) is 0 Å². The zero-order chi connectivity index (χ0) is 11.7. The van der Waals surface area contributed by atoms with Crippen LogP contribution in [0.1, 0.15) is 31.2 Å². The van der Waals surface area contributed by atoms with E-state index in [-0.39, 0.29) is 5.60 Å². The van der Waals surface area contributed by atoms with Crippen molar-refractivity contribution in [3.8, 4) is 0 Å². The molecule has 2 fully saturated rings. The van der Waals surface area contributed by atoms with E-state index in [0.717, 1.165) is 19.7 Å². The summed E-state index contributed by atoms with van der Waals surface area (Å²) in [5.74, 6) is 0. The maximum absolute atomic E-state index is 5.96. The molecule has 0 aromatic heterocycles. The second-order valence-electron chi connectivity index (χ2n) is 5.46. The highest BCUT2D eigenvalue weighted by molar-refractivity contribution is 5.48. The first-order chi connectivity index (χ1) is 8.27.